The van der Waals surface area contributed by atoms with Crippen LogP contribution in [0.5, 0.6) is 0 Å². The number of nitrogens with zero attached hydrogens (tertiary/aromatic N) is 2. The molecule has 1 rings (SSSR count). The van der Waals surface area contributed by atoms with Crippen LogP contribution in [0.4, 0.5) is 0 Å². The van der Waals surface area contributed by atoms with Gasteiger partial charge in [0.05, 0.1) is 5.84 Å². The molecular formula is C7H12N4S. The van der Waals surface area contributed by atoms with Crippen LogP contribution in [0.3, 0.4) is 0 Å². The number of aryl methyl sites for hydroxylation is 1. The van der Waals surface area contributed by atoms with E-state index >= 15 is 0 Å². The molecule has 5 heteroatoms. The summed E-state index contributed by atoms with van der Waals surface area (Å²) in [6, 6.07) is 0. The first kappa shape index (κ1) is 9.12. The fourth-order valence-electron chi connectivity index (χ4n) is 0.743. The average molecular weight is 184 g/mol. The van der Waals surface area contributed by atoms with Crippen LogP contribution in [-0.4, -0.2) is 21.1 Å². The van der Waals surface area contributed by atoms with Gasteiger partial charge in [-0.15, -0.1) is 0 Å². The maximum Gasteiger partial charge on any atom is 0.167 e. The Morgan fingerprint density at radius 2 is 2.58 bits per heavy atom. The molecule has 0 saturated carbocycles. The van der Waals surface area contributed by atoms with Crippen molar-refractivity contribution in [1.82, 2.24) is 9.55 Å². The van der Waals surface area contributed by atoms with Crippen LogP contribution >= 0.6 is 11.8 Å². The van der Waals surface area contributed by atoms with E-state index in [4.69, 9.17) is 11.1 Å². The van der Waals surface area contributed by atoms with Gasteiger partial charge in [0, 0.05) is 31.6 Å². The monoisotopic (exact) mass is 184 g/mol. The minimum Gasteiger partial charge on any atom is -0.388 e. The summed E-state index contributed by atoms with van der Waals surface area (Å²) in [5.74, 6) is 1.05. The van der Waals surface area contributed by atoms with E-state index in [0.29, 0.717) is 6.42 Å². The molecule has 0 saturated heterocycles. The standard InChI is InChI=1S/C7H12N4S/c1-11-4-3-10-7(11)12-5-2-6(8)9/h3-4H,2,5H2,1H3,(H3,8,9). The molecule has 1 aromatic rings. The van der Waals surface area contributed by atoms with E-state index in [1.807, 2.05) is 17.8 Å². The van der Waals surface area contributed by atoms with Gasteiger partial charge >= 0.3 is 0 Å². The Labute approximate surface area is 75.7 Å². The predicted molar refractivity (Wildman–Crippen MR) is 50.5 cm³/mol. The molecule has 1 aromatic heterocycles. The second kappa shape index (κ2) is 4.15. The molecule has 1 heterocycles. The van der Waals surface area contributed by atoms with Gasteiger partial charge < -0.3 is 10.3 Å². The molecule has 0 aliphatic carbocycles. The SMILES string of the molecule is Cn1ccnc1SCCC(=N)N. The number of nitrogens with one attached hydrogen (secondary N) is 1. The highest BCUT2D eigenvalue weighted by Gasteiger charge is 1.99. The van der Waals surface area contributed by atoms with Crippen molar-refractivity contribution in [2.45, 2.75) is 11.6 Å². The molecule has 66 valence electrons. The number of thioether (sulfide) groups is 1. The topological polar surface area (TPSA) is 67.7 Å². The number of hydrogen-bond donors (Lipinski definition) is 2. The maximum atomic E-state index is 7.01. The molecule has 0 atom stereocenters. The number of amidine groups is 1. The van der Waals surface area contributed by atoms with E-state index in [-0.39, 0.29) is 5.84 Å². The van der Waals surface area contributed by atoms with Crippen LogP contribution < -0.4 is 5.73 Å². The zero-order valence-electron chi connectivity index (χ0n) is 6.95. The van der Waals surface area contributed by atoms with Crippen molar-refractivity contribution >= 4 is 17.6 Å². The molecule has 0 aliphatic rings. The molecule has 0 aliphatic heterocycles. The van der Waals surface area contributed by atoms with Crippen LogP contribution in [0, 0.1) is 5.41 Å². The Balaban J connectivity index is 2.33. The van der Waals surface area contributed by atoms with Crippen LogP contribution in [-0.2, 0) is 7.05 Å². The summed E-state index contributed by atoms with van der Waals surface area (Å²) in [7, 11) is 1.95. The first-order chi connectivity index (χ1) is 5.70. The van der Waals surface area contributed by atoms with Gasteiger partial charge in [0.2, 0.25) is 0 Å². The number of hydrogen-bond acceptors (Lipinski definition) is 3. The summed E-state index contributed by atoms with van der Waals surface area (Å²) < 4.78 is 1.95. The Morgan fingerprint density at radius 1 is 1.83 bits per heavy atom. The lowest BCUT2D eigenvalue weighted by atomic mass is 10.5. The van der Waals surface area contributed by atoms with Crippen molar-refractivity contribution in [3.63, 3.8) is 0 Å². The molecule has 4 nitrogen and oxygen atoms in total. The van der Waals surface area contributed by atoms with Crippen molar-refractivity contribution in [3.05, 3.63) is 12.4 Å². The second-order valence-electron chi connectivity index (χ2n) is 2.44. The molecule has 3 N–H and O–H groups in total. The summed E-state index contributed by atoms with van der Waals surface area (Å²) in [4.78, 5) is 4.13. The lowest BCUT2D eigenvalue weighted by Crippen LogP contribution is -2.10. The normalized spacial score (nSPS) is 10.1. The lowest BCUT2D eigenvalue weighted by molar-refractivity contribution is 0.790. The largest absolute Gasteiger partial charge is 0.388 e. The van der Waals surface area contributed by atoms with Gasteiger partial charge in [-0.25, -0.2) is 4.98 Å². The van der Waals surface area contributed by atoms with E-state index in [2.05, 4.69) is 4.98 Å². The van der Waals surface area contributed by atoms with Gasteiger partial charge in [-0.05, 0) is 0 Å². The van der Waals surface area contributed by atoms with Crippen LogP contribution in [0.2, 0.25) is 0 Å². The second-order valence-corrected chi connectivity index (χ2v) is 3.51. The molecular weight excluding hydrogens is 172 g/mol. The first-order valence-corrected chi connectivity index (χ1v) is 4.61. The highest BCUT2D eigenvalue weighted by Crippen LogP contribution is 2.14. The van der Waals surface area contributed by atoms with Gasteiger partial charge in [-0.3, -0.25) is 5.41 Å². The molecule has 12 heavy (non-hydrogen) atoms. The van der Waals surface area contributed by atoms with Gasteiger partial charge in [0.1, 0.15) is 0 Å². The predicted octanol–water partition coefficient (Wildman–Crippen LogP) is 0.838. The first-order valence-electron chi connectivity index (χ1n) is 3.63. The van der Waals surface area contributed by atoms with Crippen molar-refractivity contribution in [1.29, 1.82) is 5.41 Å². The molecule has 0 radical (unpaired) electrons. The maximum absolute atomic E-state index is 7.01. The molecule has 0 unspecified atom stereocenters. The molecule has 0 bridgehead atoms. The quantitative estimate of drug-likeness (QED) is 0.414. The van der Waals surface area contributed by atoms with Crippen molar-refractivity contribution in [3.8, 4) is 0 Å². The molecule has 0 aromatic carbocycles. The molecule has 0 amide bonds. The zero-order chi connectivity index (χ0) is 8.97. The number of imidazole rings is 1. The van der Waals surface area contributed by atoms with Crippen molar-refractivity contribution in [2.24, 2.45) is 12.8 Å². The fourth-order valence-corrected chi connectivity index (χ4v) is 1.65. The zero-order valence-corrected chi connectivity index (χ0v) is 7.77. The minimum absolute atomic E-state index is 0.233. The summed E-state index contributed by atoms with van der Waals surface area (Å²) in [6.45, 7) is 0. The van der Waals surface area contributed by atoms with E-state index in [0.717, 1.165) is 10.9 Å². The third-order valence-electron chi connectivity index (χ3n) is 1.38. The van der Waals surface area contributed by atoms with E-state index in [1.165, 1.54) is 0 Å². The summed E-state index contributed by atoms with van der Waals surface area (Å²) in [6.07, 6.45) is 4.28. The van der Waals surface area contributed by atoms with E-state index in [9.17, 15) is 0 Å². The summed E-state index contributed by atoms with van der Waals surface area (Å²) in [5.41, 5.74) is 5.21. The van der Waals surface area contributed by atoms with Gasteiger partial charge in [0.15, 0.2) is 5.16 Å². The highest BCUT2D eigenvalue weighted by molar-refractivity contribution is 7.99. The summed E-state index contributed by atoms with van der Waals surface area (Å²) in [5, 5.41) is 7.98. The Morgan fingerprint density at radius 3 is 3.08 bits per heavy atom. The number of nitrogens with two attached hydrogens (primary N) is 1. The van der Waals surface area contributed by atoms with Gasteiger partial charge in [-0.2, -0.15) is 0 Å². The Bertz CT molecular complexity index is 268. The number of aromatic nitrogens is 2. The van der Waals surface area contributed by atoms with E-state index < -0.39 is 0 Å². The fraction of sp³-hybridized carbons (Fsp3) is 0.429. The Hall–Kier alpha value is -0.970. The smallest absolute Gasteiger partial charge is 0.167 e. The van der Waals surface area contributed by atoms with Gasteiger partial charge in [0.25, 0.3) is 0 Å². The number of rotatable bonds is 4. The van der Waals surface area contributed by atoms with Crippen LogP contribution in [0.15, 0.2) is 17.6 Å². The summed E-state index contributed by atoms with van der Waals surface area (Å²) >= 11 is 1.61. The molecule has 0 spiro atoms. The minimum atomic E-state index is 0.233. The third-order valence-corrected chi connectivity index (χ3v) is 2.44. The van der Waals surface area contributed by atoms with Crippen molar-refractivity contribution in [2.75, 3.05) is 5.75 Å². The van der Waals surface area contributed by atoms with Crippen molar-refractivity contribution < 1.29 is 0 Å². The Kier molecular flexibility index (Phi) is 3.16. The van der Waals surface area contributed by atoms with Gasteiger partial charge in [-0.1, -0.05) is 11.8 Å². The third kappa shape index (κ3) is 2.58. The highest BCUT2D eigenvalue weighted by atomic mass is 32.2. The lowest BCUT2D eigenvalue weighted by Gasteiger charge is -1.99. The average Bonchev–Trinajstić information content (AvgIpc) is 2.36. The van der Waals surface area contributed by atoms with Crippen LogP contribution in [0.25, 0.3) is 0 Å². The molecule has 0 fully saturated rings. The van der Waals surface area contributed by atoms with Crippen LogP contribution in [0.1, 0.15) is 6.42 Å². The van der Waals surface area contributed by atoms with E-state index in [1.54, 1.807) is 18.0 Å².